The molecule has 1 aliphatic rings. The summed E-state index contributed by atoms with van der Waals surface area (Å²) in [4.78, 5) is 21.6. The molecule has 5 aromatic rings. The summed E-state index contributed by atoms with van der Waals surface area (Å²) in [6, 6.07) is 29.8. The molecule has 0 saturated carbocycles. The number of nitrogens with zero attached hydrogens (tertiary/aromatic N) is 3. The maximum atomic E-state index is 13.1. The van der Waals surface area contributed by atoms with Crippen LogP contribution in [0.2, 0.25) is 10.0 Å². The highest BCUT2D eigenvalue weighted by atomic mass is 35.5. The molecule has 0 atom stereocenters. The monoisotopic (exact) mass is 724 g/mol. The topological polar surface area (TPSA) is 66.9 Å². The van der Waals surface area contributed by atoms with E-state index in [9.17, 15) is 9.18 Å². The van der Waals surface area contributed by atoms with Gasteiger partial charge in [0, 0.05) is 67.7 Å². The van der Waals surface area contributed by atoms with Crippen LogP contribution < -0.4 is 14.8 Å². The highest BCUT2D eigenvalue weighted by Crippen LogP contribution is 2.34. The van der Waals surface area contributed by atoms with Crippen LogP contribution in [0.25, 0.3) is 6.08 Å². The lowest BCUT2D eigenvalue weighted by molar-refractivity contribution is -0.127. The smallest absolute Gasteiger partial charge is 0.246 e. The molecule has 1 fully saturated rings. The molecule has 51 heavy (non-hydrogen) atoms. The van der Waals surface area contributed by atoms with E-state index >= 15 is 0 Å². The second-order valence-corrected chi connectivity index (χ2v) is 13.2. The van der Waals surface area contributed by atoms with Crippen molar-refractivity contribution < 1.29 is 18.7 Å². The quantitative estimate of drug-likeness (QED) is 0.122. The maximum Gasteiger partial charge on any atom is 0.246 e. The molecule has 1 N–H and O–H groups in total. The van der Waals surface area contributed by atoms with Gasteiger partial charge in [-0.3, -0.25) is 9.69 Å². The molecule has 0 unspecified atom stereocenters. The molecule has 2 heterocycles. The molecule has 0 aliphatic carbocycles. The molecular formula is C41H39Cl2FN4O3. The molecule has 1 aliphatic heterocycles. The average molecular weight is 726 g/mol. The van der Waals surface area contributed by atoms with Crippen LogP contribution in [0.15, 0.2) is 109 Å². The number of nitrogens with one attached hydrogen (secondary N) is 1. The molecule has 4 aromatic carbocycles. The van der Waals surface area contributed by atoms with Crippen molar-refractivity contribution >= 4 is 40.9 Å². The molecule has 7 nitrogen and oxygen atoms in total. The third-order valence-electron chi connectivity index (χ3n) is 8.64. The number of piperazine rings is 1. The van der Waals surface area contributed by atoms with Crippen LogP contribution in [0.5, 0.6) is 17.4 Å². The number of ether oxygens (including phenoxy) is 2. The van der Waals surface area contributed by atoms with Crippen molar-refractivity contribution in [2.45, 2.75) is 26.5 Å². The highest BCUT2D eigenvalue weighted by molar-refractivity contribution is 6.32. The van der Waals surface area contributed by atoms with Crippen LogP contribution in [0.3, 0.4) is 0 Å². The fourth-order valence-electron chi connectivity index (χ4n) is 5.76. The third kappa shape index (κ3) is 10.3. The number of carbonyl (C=O) groups is 1. The van der Waals surface area contributed by atoms with Crippen molar-refractivity contribution in [1.29, 1.82) is 0 Å². The van der Waals surface area contributed by atoms with E-state index < -0.39 is 0 Å². The minimum absolute atomic E-state index is 0.0246. The summed E-state index contributed by atoms with van der Waals surface area (Å²) in [5.41, 5.74) is 5.92. The van der Waals surface area contributed by atoms with Crippen LogP contribution >= 0.6 is 23.2 Å². The van der Waals surface area contributed by atoms with Gasteiger partial charge in [0.2, 0.25) is 11.8 Å². The zero-order valence-corrected chi connectivity index (χ0v) is 29.8. The van der Waals surface area contributed by atoms with Gasteiger partial charge in [-0.2, -0.15) is 0 Å². The van der Waals surface area contributed by atoms with Crippen molar-refractivity contribution in [2.24, 2.45) is 0 Å². The number of rotatable bonds is 13. The summed E-state index contributed by atoms with van der Waals surface area (Å²) in [5, 5.41) is 4.40. The molecule has 262 valence electrons. The van der Waals surface area contributed by atoms with E-state index in [2.05, 4.69) is 39.5 Å². The number of hydrogen-bond donors (Lipinski definition) is 1. The zero-order valence-electron chi connectivity index (χ0n) is 28.3. The lowest BCUT2D eigenvalue weighted by Crippen LogP contribution is -2.47. The standard InChI is InChI=1S/C41H39Cl2FN4O3/c1-29-24-32(25-38(43)41(29)51-39-16-15-36(26-46-39)50-28-33-4-2-3-5-37(33)42)10-17-40(49)48-22-20-47(21-23-48)27-31-8-6-30(7-9-31)18-19-45-35-13-11-34(44)12-14-35/h2-17,24-26,45H,18-23,27-28H2,1H3/b17-10+. The van der Waals surface area contributed by atoms with E-state index in [-0.39, 0.29) is 11.7 Å². The van der Waals surface area contributed by atoms with E-state index in [0.717, 1.165) is 55.0 Å². The lowest BCUT2D eigenvalue weighted by Gasteiger charge is -2.34. The van der Waals surface area contributed by atoms with Crippen LogP contribution in [0, 0.1) is 12.7 Å². The van der Waals surface area contributed by atoms with Gasteiger partial charge in [-0.1, -0.05) is 65.7 Å². The minimum atomic E-state index is -0.234. The van der Waals surface area contributed by atoms with Gasteiger partial charge in [0.1, 0.15) is 18.2 Å². The molecule has 0 bridgehead atoms. The van der Waals surface area contributed by atoms with Gasteiger partial charge >= 0.3 is 0 Å². The van der Waals surface area contributed by atoms with E-state index in [1.165, 1.54) is 23.3 Å². The summed E-state index contributed by atoms with van der Waals surface area (Å²) >= 11 is 12.8. The summed E-state index contributed by atoms with van der Waals surface area (Å²) in [5.74, 6) is 1.22. The summed E-state index contributed by atoms with van der Waals surface area (Å²) in [6.07, 6.45) is 5.87. The second-order valence-electron chi connectivity index (χ2n) is 12.4. The fraction of sp³-hybridized carbons (Fsp3) is 0.220. The Morgan fingerprint density at radius 2 is 1.65 bits per heavy atom. The van der Waals surface area contributed by atoms with Gasteiger partial charge in [-0.05, 0) is 90.2 Å². The normalized spacial score (nSPS) is 13.4. The highest BCUT2D eigenvalue weighted by Gasteiger charge is 2.20. The molecule has 0 radical (unpaired) electrons. The van der Waals surface area contributed by atoms with Crippen LogP contribution in [0.1, 0.15) is 27.8 Å². The van der Waals surface area contributed by atoms with Crippen LogP contribution in [-0.2, 0) is 24.4 Å². The first-order chi connectivity index (χ1) is 24.8. The van der Waals surface area contributed by atoms with Crippen molar-refractivity contribution in [3.05, 3.63) is 153 Å². The third-order valence-corrected chi connectivity index (χ3v) is 9.29. The van der Waals surface area contributed by atoms with Gasteiger partial charge in [0.25, 0.3) is 0 Å². The number of pyridine rings is 1. The van der Waals surface area contributed by atoms with E-state index in [0.29, 0.717) is 47.1 Å². The average Bonchev–Trinajstić information content (AvgIpc) is 3.14. The van der Waals surface area contributed by atoms with Crippen LogP contribution in [-0.4, -0.2) is 53.4 Å². The number of anilines is 1. The van der Waals surface area contributed by atoms with E-state index in [1.54, 1.807) is 48.7 Å². The van der Waals surface area contributed by atoms with E-state index in [1.807, 2.05) is 42.2 Å². The van der Waals surface area contributed by atoms with E-state index in [4.69, 9.17) is 32.7 Å². The Morgan fingerprint density at radius 3 is 2.35 bits per heavy atom. The Balaban J connectivity index is 0.935. The maximum absolute atomic E-state index is 13.1. The predicted molar refractivity (Wildman–Crippen MR) is 202 cm³/mol. The molecular weight excluding hydrogens is 686 g/mol. The second kappa shape index (κ2) is 17.4. The molecule has 1 amide bonds. The SMILES string of the molecule is Cc1cc(/C=C/C(=O)N2CCN(Cc3ccc(CCNc4ccc(F)cc4)cc3)CC2)cc(Cl)c1Oc1ccc(OCc2ccccc2Cl)cn1. The fourth-order valence-corrected chi connectivity index (χ4v) is 6.27. The Hall–Kier alpha value is -4.89. The predicted octanol–water partition coefficient (Wildman–Crippen LogP) is 9.22. The van der Waals surface area contributed by atoms with Gasteiger partial charge in [-0.15, -0.1) is 0 Å². The largest absolute Gasteiger partial charge is 0.487 e. The lowest BCUT2D eigenvalue weighted by atomic mass is 10.1. The first-order valence-electron chi connectivity index (χ1n) is 16.9. The zero-order chi connectivity index (χ0) is 35.6. The van der Waals surface area contributed by atoms with Gasteiger partial charge < -0.3 is 19.7 Å². The van der Waals surface area contributed by atoms with Gasteiger partial charge in [0.15, 0.2) is 5.75 Å². The summed E-state index contributed by atoms with van der Waals surface area (Å²) in [6.45, 7) is 6.80. The van der Waals surface area contributed by atoms with Gasteiger partial charge in [0.05, 0.1) is 11.2 Å². The number of halogens is 3. The first-order valence-corrected chi connectivity index (χ1v) is 17.6. The Bertz CT molecular complexity index is 1920. The number of amides is 1. The number of aromatic nitrogens is 1. The molecule has 6 rings (SSSR count). The Morgan fingerprint density at radius 1 is 0.902 bits per heavy atom. The molecule has 1 saturated heterocycles. The van der Waals surface area contributed by atoms with Crippen LogP contribution in [0.4, 0.5) is 10.1 Å². The molecule has 10 heteroatoms. The Kier molecular flexibility index (Phi) is 12.2. The van der Waals surface area contributed by atoms with Crippen molar-refractivity contribution in [1.82, 2.24) is 14.8 Å². The number of aryl methyl sites for hydroxylation is 1. The summed E-state index contributed by atoms with van der Waals surface area (Å²) < 4.78 is 24.9. The number of benzene rings is 4. The number of hydrogen-bond acceptors (Lipinski definition) is 6. The van der Waals surface area contributed by atoms with Crippen molar-refractivity contribution in [2.75, 3.05) is 38.0 Å². The first kappa shape index (κ1) is 35.9. The minimum Gasteiger partial charge on any atom is -0.487 e. The number of carbonyl (C=O) groups excluding carboxylic acids is 1. The summed E-state index contributed by atoms with van der Waals surface area (Å²) in [7, 11) is 0. The Labute approximate surface area is 308 Å². The van der Waals surface area contributed by atoms with Gasteiger partial charge in [-0.25, -0.2) is 9.37 Å². The molecule has 0 spiro atoms. The van der Waals surface area contributed by atoms with Crippen molar-refractivity contribution in [3.63, 3.8) is 0 Å². The molecule has 1 aromatic heterocycles. The van der Waals surface area contributed by atoms with Crippen molar-refractivity contribution in [3.8, 4) is 17.4 Å².